The van der Waals surface area contributed by atoms with E-state index in [4.69, 9.17) is 9.84 Å². The summed E-state index contributed by atoms with van der Waals surface area (Å²) in [5, 5.41) is 14.4. The highest BCUT2D eigenvalue weighted by Gasteiger charge is 2.21. The maximum absolute atomic E-state index is 11.0. The number of benzene rings is 1. The summed E-state index contributed by atoms with van der Waals surface area (Å²) in [6.07, 6.45) is 5.43. The number of fused-ring (bicyclic) bond motifs is 1. The van der Waals surface area contributed by atoms with Crippen molar-refractivity contribution >= 4 is 16.9 Å². The third-order valence-electron chi connectivity index (χ3n) is 3.51. The summed E-state index contributed by atoms with van der Waals surface area (Å²) in [5.41, 5.74) is 0.960. The van der Waals surface area contributed by atoms with Gasteiger partial charge in [0.05, 0.1) is 18.7 Å². The molecule has 0 radical (unpaired) electrons. The Kier molecular flexibility index (Phi) is 2.47. The summed E-state index contributed by atoms with van der Waals surface area (Å²) in [6.45, 7) is 0. The first-order valence-electron chi connectivity index (χ1n) is 5.99. The first kappa shape index (κ1) is 11.1. The zero-order chi connectivity index (χ0) is 12.7. The molecule has 0 atom stereocenters. The third-order valence-corrected chi connectivity index (χ3v) is 3.51. The third kappa shape index (κ3) is 1.63. The van der Waals surface area contributed by atoms with Crippen LogP contribution in [0.15, 0.2) is 18.3 Å². The van der Waals surface area contributed by atoms with Crippen LogP contribution in [0.1, 0.15) is 35.7 Å². The molecule has 1 aromatic carbocycles. The standard InChI is InChI=1S/C13H14N2O3/c1-18-11-6-8(13(16)17)5-9-7-15(14-12(9)11)10-3-2-4-10/h5-7,10H,2-4H2,1H3,(H,16,17). The van der Waals surface area contributed by atoms with Crippen molar-refractivity contribution in [2.45, 2.75) is 25.3 Å². The molecule has 1 aromatic heterocycles. The van der Waals surface area contributed by atoms with Gasteiger partial charge in [0.1, 0.15) is 11.3 Å². The van der Waals surface area contributed by atoms with Crippen LogP contribution >= 0.6 is 0 Å². The number of carbonyl (C=O) groups is 1. The number of carboxylic acids is 1. The van der Waals surface area contributed by atoms with E-state index in [0.29, 0.717) is 11.8 Å². The van der Waals surface area contributed by atoms with Gasteiger partial charge in [-0.2, -0.15) is 5.10 Å². The van der Waals surface area contributed by atoms with E-state index in [2.05, 4.69) is 5.10 Å². The molecule has 0 unspecified atom stereocenters. The lowest BCUT2D eigenvalue weighted by atomic mass is 9.93. The topological polar surface area (TPSA) is 64.3 Å². The molecule has 0 amide bonds. The molecule has 2 aromatic rings. The second-order valence-electron chi connectivity index (χ2n) is 4.62. The van der Waals surface area contributed by atoms with Crippen LogP contribution in [-0.4, -0.2) is 28.0 Å². The number of aromatic carboxylic acids is 1. The minimum Gasteiger partial charge on any atom is -0.494 e. The number of carboxylic acid groups (broad SMARTS) is 1. The Balaban J connectivity index is 2.15. The average Bonchev–Trinajstić information content (AvgIpc) is 2.67. The Labute approximate surface area is 104 Å². The molecular weight excluding hydrogens is 232 g/mol. The lowest BCUT2D eigenvalue weighted by Crippen LogP contribution is -2.17. The van der Waals surface area contributed by atoms with Gasteiger partial charge in [0.25, 0.3) is 0 Å². The fourth-order valence-corrected chi connectivity index (χ4v) is 2.24. The summed E-state index contributed by atoms with van der Waals surface area (Å²) < 4.78 is 7.16. The van der Waals surface area contributed by atoms with Gasteiger partial charge in [0.2, 0.25) is 0 Å². The highest BCUT2D eigenvalue weighted by Crippen LogP contribution is 2.34. The van der Waals surface area contributed by atoms with E-state index in [9.17, 15) is 4.79 Å². The number of methoxy groups -OCH3 is 1. The fourth-order valence-electron chi connectivity index (χ4n) is 2.24. The molecule has 1 N–H and O–H groups in total. The van der Waals surface area contributed by atoms with Crippen LogP contribution in [0.3, 0.4) is 0 Å². The summed E-state index contributed by atoms with van der Waals surface area (Å²) in [4.78, 5) is 11.0. The zero-order valence-corrected chi connectivity index (χ0v) is 10.1. The minimum absolute atomic E-state index is 0.229. The normalized spacial score (nSPS) is 15.6. The molecule has 0 saturated heterocycles. The van der Waals surface area contributed by atoms with Crippen molar-refractivity contribution in [2.75, 3.05) is 7.11 Å². The van der Waals surface area contributed by atoms with Crippen molar-refractivity contribution in [3.05, 3.63) is 23.9 Å². The van der Waals surface area contributed by atoms with Crippen molar-refractivity contribution < 1.29 is 14.6 Å². The number of aromatic nitrogens is 2. The maximum Gasteiger partial charge on any atom is 0.335 e. The van der Waals surface area contributed by atoms with Gasteiger partial charge < -0.3 is 9.84 Å². The van der Waals surface area contributed by atoms with E-state index in [-0.39, 0.29) is 5.56 Å². The van der Waals surface area contributed by atoms with Crippen molar-refractivity contribution in [1.82, 2.24) is 9.78 Å². The van der Waals surface area contributed by atoms with Crippen molar-refractivity contribution in [3.63, 3.8) is 0 Å². The summed E-state index contributed by atoms with van der Waals surface area (Å²) in [5.74, 6) is -0.436. The number of rotatable bonds is 3. The SMILES string of the molecule is COc1cc(C(=O)O)cc2cn(C3CCC3)nc12. The molecule has 94 valence electrons. The Morgan fingerprint density at radius 2 is 2.28 bits per heavy atom. The molecule has 1 fully saturated rings. The summed E-state index contributed by atoms with van der Waals surface area (Å²) in [7, 11) is 1.53. The molecule has 5 heteroatoms. The van der Waals surface area contributed by atoms with E-state index in [0.717, 1.165) is 23.7 Å². The van der Waals surface area contributed by atoms with Gasteiger partial charge in [-0.3, -0.25) is 4.68 Å². The van der Waals surface area contributed by atoms with Crippen molar-refractivity contribution in [3.8, 4) is 5.75 Å². The molecule has 3 rings (SSSR count). The second kappa shape index (κ2) is 4.01. The van der Waals surface area contributed by atoms with Gasteiger partial charge in [0, 0.05) is 11.6 Å². The predicted octanol–water partition coefficient (Wildman–Crippen LogP) is 2.47. The molecule has 18 heavy (non-hydrogen) atoms. The molecular formula is C13H14N2O3. The van der Waals surface area contributed by atoms with Crippen LogP contribution in [0.25, 0.3) is 10.9 Å². The number of ether oxygens (including phenoxy) is 1. The van der Waals surface area contributed by atoms with Crippen molar-refractivity contribution in [2.24, 2.45) is 0 Å². The summed E-state index contributed by atoms with van der Waals surface area (Å²) in [6, 6.07) is 3.61. The molecule has 5 nitrogen and oxygen atoms in total. The molecule has 1 aliphatic carbocycles. The number of hydrogen-bond acceptors (Lipinski definition) is 3. The van der Waals surface area contributed by atoms with E-state index < -0.39 is 5.97 Å². The van der Waals surface area contributed by atoms with Crippen LogP contribution in [0.5, 0.6) is 5.75 Å². The van der Waals surface area contributed by atoms with E-state index in [1.165, 1.54) is 19.6 Å². The van der Waals surface area contributed by atoms with Crippen LogP contribution in [0.4, 0.5) is 0 Å². The van der Waals surface area contributed by atoms with Crippen LogP contribution in [0, 0.1) is 0 Å². The predicted molar refractivity (Wildman–Crippen MR) is 66.1 cm³/mol. The Morgan fingerprint density at radius 3 is 2.83 bits per heavy atom. The Hall–Kier alpha value is -2.04. The molecule has 0 aliphatic heterocycles. The highest BCUT2D eigenvalue weighted by atomic mass is 16.5. The lowest BCUT2D eigenvalue weighted by molar-refractivity contribution is 0.0696. The van der Waals surface area contributed by atoms with Crippen molar-refractivity contribution in [1.29, 1.82) is 0 Å². The van der Waals surface area contributed by atoms with Crippen LogP contribution < -0.4 is 4.74 Å². The van der Waals surface area contributed by atoms with E-state index in [1.54, 1.807) is 6.07 Å². The fraction of sp³-hybridized carbons (Fsp3) is 0.385. The average molecular weight is 246 g/mol. The van der Waals surface area contributed by atoms with Crippen LogP contribution in [0.2, 0.25) is 0 Å². The van der Waals surface area contributed by atoms with Gasteiger partial charge in [-0.05, 0) is 31.4 Å². The largest absolute Gasteiger partial charge is 0.494 e. The Bertz CT molecular complexity index is 614. The summed E-state index contributed by atoms with van der Waals surface area (Å²) >= 11 is 0. The maximum atomic E-state index is 11.0. The zero-order valence-electron chi connectivity index (χ0n) is 10.1. The van der Waals surface area contributed by atoms with Gasteiger partial charge in [0.15, 0.2) is 0 Å². The smallest absolute Gasteiger partial charge is 0.335 e. The monoisotopic (exact) mass is 246 g/mol. The first-order chi connectivity index (χ1) is 8.69. The number of nitrogens with zero attached hydrogens (tertiary/aromatic N) is 2. The number of hydrogen-bond donors (Lipinski definition) is 1. The van der Waals surface area contributed by atoms with Crippen LogP contribution in [-0.2, 0) is 0 Å². The van der Waals surface area contributed by atoms with Gasteiger partial charge in [-0.15, -0.1) is 0 Å². The highest BCUT2D eigenvalue weighted by molar-refractivity contribution is 5.95. The van der Waals surface area contributed by atoms with Gasteiger partial charge in [-0.25, -0.2) is 4.79 Å². The molecule has 1 saturated carbocycles. The minimum atomic E-state index is -0.952. The van der Waals surface area contributed by atoms with E-state index in [1.807, 2.05) is 10.9 Å². The molecule has 1 aliphatic rings. The molecule has 0 bridgehead atoms. The first-order valence-corrected chi connectivity index (χ1v) is 5.99. The van der Waals surface area contributed by atoms with E-state index >= 15 is 0 Å². The lowest BCUT2D eigenvalue weighted by Gasteiger charge is -2.25. The van der Waals surface area contributed by atoms with Gasteiger partial charge >= 0.3 is 5.97 Å². The molecule has 0 spiro atoms. The second-order valence-corrected chi connectivity index (χ2v) is 4.62. The quantitative estimate of drug-likeness (QED) is 0.903. The van der Waals surface area contributed by atoms with Gasteiger partial charge in [-0.1, -0.05) is 0 Å². The molecule has 1 heterocycles. The Morgan fingerprint density at radius 1 is 1.50 bits per heavy atom.